The summed E-state index contributed by atoms with van der Waals surface area (Å²) in [7, 11) is 0. The third-order valence-electron chi connectivity index (χ3n) is 7.88. The first-order chi connectivity index (χ1) is 16.3. The smallest absolute Gasteiger partial charge is 0.227 e. The van der Waals surface area contributed by atoms with Crippen molar-refractivity contribution in [3.63, 3.8) is 0 Å². The van der Waals surface area contributed by atoms with Crippen molar-refractivity contribution < 1.29 is 4.79 Å². The second-order valence-corrected chi connectivity index (χ2v) is 9.91. The Labute approximate surface area is 202 Å². The van der Waals surface area contributed by atoms with E-state index in [9.17, 15) is 4.79 Å². The first kappa shape index (κ1) is 22.4. The van der Waals surface area contributed by atoms with Gasteiger partial charge in [-0.15, -0.1) is 0 Å². The molecule has 1 aliphatic rings. The number of fused-ring (bicyclic) bond motifs is 1. The molecule has 4 aromatic rings. The van der Waals surface area contributed by atoms with Crippen LogP contribution in [0.5, 0.6) is 0 Å². The zero-order valence-corrected chi connectivity index (χ0v) is 21.1. The summed E-state index contributed by atoms with van der Waals surface area (Å²) < 4.78 is 2.36. The van der Waals surface area contributed by atoms with Crippen molar-refractivity contribution in [2.24, 2.45) is 0 Å². The normalized spacial score (nSPS) is 16.1. The lowest BCUT2D eigenvalue weighted by Gasteiger charge is -2.21. The quantitative estimate of drug-likeness (QED) is 0.357. The van der Waals surface area contributed by atoms with E-state index in [4.69, 9.17) is 4.98 Å². The Morgan fingerprint density at radius 2 is 1.56 bits per heavy atom. The van der Waals surface area contributed by atoms with Crippen molar-refractivity contribution in [3.05, 3.63) is 93.3 Å². The Morgan fingerprint density at radius 1 is 0.853 bits per heavy atom. The minimum atomic E-state index is 0.0614. The van der Waals surface area contributed by atoms with Crippen LogP contribution in [0.15, 0.2) is 48.5 Å². The Morgan fingerprint density at radius 3 is 2.29 bits per heavy atom. The van der Waals surface area contributed by atoms with Crippen LogP contribution in [-0.2, 0) is 11.3 Å². The lowest BCUT2D eigenvalue weighted by Crippen LogP contribution is -2.25. The van der Waals surface area contributed by atoms with Gasteiger partial charge in [-0.3, -0.25) is 4.79 Å². The number of imidazole rings is 1. The molecule has 5 rings (SSSR count). The van der Waals surface area contributed by atoms with Gasteiger partial charge in [0.15, 0.2) is 0 Å². The van der Waals surface area contributed by atoms with Gasteiger partial charge in [0.2, 0.25) is 5.91 Å². The third-order valence-corrected chi connectivity index (χ3v) is 7.88. The maximum atomic E-state index is 13.2. The molecule has 174 valence electrons. The van der Waals surface area contributed by atoms with Gasteiger partial charge < -0.3 is 9.47 Å². The van der Waals surface area contributed by atoms with E-state index in [0.717, 1.165) is 29.1 Å². The van der Waals surface area contributed by atoms with Crippen LogP contribution in [0.1, 0.15) is 57.1 Å². The van der Waals surface area contributed by atoms with Crippen molar-refractivity contribution in [2.45, 2.75) is 60.4 Å². The zero-order chi connectivity index (χ0) is 24.1. The van der Waals surface area contributed by atoms with Crippen molar-refractivity contribution in [1.29, 1.82) is 0 Å². The number of aromatic nitrogens is 2. The number of para-hydroxylation sites is 2. The molecule has 0 radical (unpaired) electrons. The van der Waals surface area contributed by atoms with Gasteiger partial charge in [0.1, 0.15) is 5.82 Å². The van der Waals surface area contributed by atoms with Gasteiger partial charge in [-0.2, -0.15) is 0 Å². The number of nitrogens with zero attached hydrogens (tertiary/aromatic N) is 3. The number of amides is 1. The maximum absolute atomic E-state index is 13.2. The fraction of sp³-hybridized carbons (Fsp3) is 0.333. The monoisotopic (exact) mass is 451 g/mol. The number of hydrogen-bond acceptors (Lipinski definition) is 2. The maximum Gasteiger partial charge on any atom is 0.227 e. The SMILES string of the molecule is Cc1cccc(N2CC(c3nc4ccccc4n3Cc3c(C)c(C)cc(C)c3C)CC2=O)c1C. The Hall–Kier alpha value is -3.40. The van der Waals surface area contributed by atoms with Crippen molar-refractivity contribution >= 4 is 22.6 Å². The number of hydrogen-bond donors (Lipinski definition) is 0. The van der Waals surface area contributed by atoms with Gasteiger partial charge in [0.25, 0.3) is 0 Å². The minimum absolute atomic E-state index is 0.0614. The number of rotatable bonds is 4. The molecule has 0 N–H and O–H groups in total. The van der Waals surface area contributed by atoms with Crippen LogP contribution in [0.2, 0.25) is 0 Å². The van der Waals surface area contributed by atoms with Gasteiger partial charge in [0, 0.05) is 31.1 Å². The molecule has 1 fully saturated rings. The second-order valence-electron chi connectivity index (χ2n) is 9.91. The Bertz CT molecular complexity index is 1400. The lowest BCUT2D eigenvalue weighted by atomic mass is 9.94. The van der Waals surface area contributed by atoms with Crippen LogP contribution < -0.4 is 4.90 Å². The fourth-order valence-electron chi connectivity index (χ4n) is 5.41. The summed E-state index contributed by atoms with van der Waals surface area (Å²) >= 11 is 0. The summed E-state index contributed by atoms with van der Waals surface area (Å²) in [6, 6.07) is 16.8. The van der Waals surface area contributed by atoms with E-state index in [1.165, 1.54) is 38.9 Å². The predicted octanol–water partition coefficient (Wildman–Crippen LogP) is 6.46. The molecular weight excluding hydrogens is 418 g/mol. The Kier molecular flexibility index (Phi) is 5.55. The molecule has 0 saturated carbocycles. The molecule has 1 saturated heterocycles. The van der Waals surface area contributed by atoms with Gasteiger partial charge in [-0.25, -0.2) is 4.98 Å². The highest BCUT2D eigenvalue weighted by molar-refractivity contribution is 5.97. The molecule has 1 aliphatic heterocycles. The van der Waals surface area contributed by atoms with Gasteiger partial charge in [-0.1, -0.05) is 30.3 Å². The predicted molar refractivity (Wildman–Crippen MR) is 140 cm³/mol. The average Bonchev–Trinajstić information content (AvgIpc) is 3.37. The number of aryl methyl sites for hydroxylation is 3. The second kappa shape index (κ2) is 8.43. The molecular formula is C30H33N3O. The van der Waals surface area contributed by atoms with E-state index >= 15 is 0 Å². The minimum Gasteiger partial charge on any atom is -0.323 e. The largest absolute Gasteiger partial charge is 0.323 e. The highest BCUT2D eigenvalue weighted by Crippen LogP contribution is 2.36. The molecule has 4 heteroatoms. The molecule has 0 bridgehead atoms. The van der Waals surface area contributed by atoms with Crippen molar-refractivity contribution in [3.8, 4) is 0 Å². The molecule has 1 aromatic heterocycles. The fourth-order valence-corrected chi connectivity index (χ4v) is 5.41. The summed E-state index contributed by atoms with van der Waals surface area (Å²) in [5, 5.41) is 0. The van der Waals surface area contributed by atoms with E-state index in [2.05, 4.69) is 82.5 Å². The number of carbonyl (C=O) groups is 1. The molecule has 34 heavy (non-hydrogen) atoms. The molecule has 0 spiro atoms. The van der Waals surface area contributed by atoms with Gasteiger partial charge >= 0.3 is 0 Å². The number of anilines is 1. The summed E-state index contributed by atoms with van der Waals surface area (Å²) in [4.78, 5) is 20.2. The molecule has 3 aromatic carbocycles. The molecule has 1 unspecified atom stereocenters. The standard InChI is InChI=1S/C30H33N3O/c1-18-10-9-13-27(23(18)6)32-16-24(15-29(32)34)30-31-26-11-7-8-12-28(26)33(30)17-25-21(4)19(2)14-20(3)22(25)5/h7-14,24H,15-17H2,1-6H3. The number of carbonyl (C=O) groups excluding carboxylic acids is 1. The highest BCUT2D eigenvalue weighted by Gasteiger charge is 2.35. The highest BCUT2D eigenvalue weighted by atomic mass is 16.2. The topological polar surface area (TPSA) is 38.1 Å². The van der Waals surface area contributed by atoms with E-state index in [-0.39, 0.29) is 11.8 Å². The molecule has 0 aliphatic carbocycles. The summed E-state index contributed by atoms with van der Waals surface area (Å²) in [5.74, 6) is 1.25. The van der Waals surface area contributed by atoms with Crippen LogP contribution in [0, 0.1) is 41.5 Å². The molecule has 4 nitrogen and oxygen atoms in total. The zero-order valence-electron chi connectivity index (χ0n) is 21.1. The third kappa shape index (κ3) is 3.62. The average molecular weight is 452 g/mol. The van der Waals surface area contributed by atoms with Crippen LogP contribution in [-0.4, -0.2) is 22.0 Å². The first-order valence-corrected chi connectivity index (χ1v) is 12.1. The molecule has 1 amide bonds. The first-order valence-electron chi connectivity index (χ1n) is 12.1. The van der Waals surface area contributed by atoms with Crippen LogP contribution >= 0.6 is 0 Å². The molecule has 1 atom stereocenters. The summed E-state index contributed by atoms with van der Waals surface area (Å²) in [6.07, 6.45) is 0.488. The summed E-state index contributed by atoms with van der Waals surface area (Å²) in [5.41, 5.74) is 12.2. The van der Waals surface area contributed by atoms with Crippen LogP contribution in [0.25, 0.3) is 11.0 Å². The van der Waals surface area contributed by atoms with Gasteiger partial charge in [0.05, 0.1) is 11.0 Å². The lowest BCUT2D eigenvalue weighted by molar-refractivity contribution is -0.117. The summed E-state index contributed by atoms with van der Waals surface area (Å²) in [6.45, 7) is 14.5. The van der Waals surface area contributed by atoms with E-state index in [1.54, 1.807) is 0 Å². The number of benzene rings is 3. The van der Waals surface area contributed by atoms with Crippen LogP contribution in [0.4, 0.5) is 5.69 Å². The van der Waals surface area contributed by atoms with E-state index in [1.807, 2.05) is 17.0 Å². The van der Waals surface area contributed by atoms with Crippen molar-refractivity contribution in [1.82, 2.24) is 9.55 Å². The van der Waals surface area contributed by atoms with Crippen molar-refractivity contribution in [2.75, 3.05) is 11.4 Å². The molecule has 2 heterocycles. The van der Waals surface area contributed by atoms with E-state index < -0.39 is 0 Å². The Balaban J connectivity index is 1.59. The van der Waals surface area contributed by atoms with E-state index in [0.29, 0.717) is 13.0 Å². The van der Waals surface area contributed by atoms with Crippen LogP contribution in [0.3, 0.4) is 0 Å². The van der Waals surface area contributed by atoms with Gasteiger partial charge in [-0.05, 0) is 98.7 Å².